The summed E-state index contributed by atoms with van der Waals surface area (Å²) in [4.78, 5) is 16.1. The first kappa shape index (κ1) is 18.2. The van der Waals surface area contributed by atoms with Crippen LogP contribution < -0.4 is 19.9 Å². The lowest BCUT2D eigenvalue weighted by atomic mass is 10.2. The largest absolute Gasteiger partial charge is 0.481 e. The number of hydrogen-bond donors (Lipinski definition) is 2. The monoisotopic (exact) mass is 358 g/mol. The number of benzene rings is 2. The lowest BCUT2D eigenvalue weighted by molar-refractivity contribution is -0.898. The molecule has 26 heavy (non-hydrogen) atoms. The second-order valence-corrected chi connectivity index (χ2v) is 6.38. The number of para-hydroxylation sites is 3. The highest BCUT2D eigenvalue weighted by atomic mass is 19.1. The molecule has 6 heteroatoms. The van der Waals surface area contributed by atoms with Gasteiger partial charge in [0.25, 0.3) is 5.91 Å². The number of halogens is 1. The van der Waals surface area contributed by atoms with Crippen LogP contribution in [0.3, 0.4) is 0 Å². The molecule has 2 aromatic carbocycles. The van der Waals surface area contributed by atoms with Crippen molar-refractivity contribution >= 4 is 17.3 Å². The maximum atomic E-state index is 13.6. The van der Waals surface area contributed by atoms with Gasteiger partial charge in [0.2, 0.25) is 0 Å². The van der Waals surface area contributed by atoms with Crippen LogP contribution in [0.25, 0.3) is 0 Å². The lowest BCUT2D eigenvalue weighted by Gasteiger charge is -2.34. The molecular weight excluding hydrogens is 333 g/mol. The van der Waals surface area contributed by atoms with E-state index < -0.39 is 5.82 Å². The molecular formula is C20H25FN3O2+. The maximum Gasteiger partial charge on any atom is 0.262 e. The lowest BCUT2D eigenvalue weighted by Crippen LogP contribution is -3.14. The van der Waals surface area contributed by atoms with Gasteiger partial charge in [-0.05, 0) is 31.2 Å². The molecule has 2 aromatic rings. The van der Waals surface area contributed by atoms with Gasteiger partial charge in [-0.15, -0.1) is 0 Å². The van der Waals surface area contributed by atoms with Gasteiger partial charge in [0.1, 0.15) is 0 Å². The molecule has 1 heterocycles. The average Bonchev–Trinajstić information content (AvgIpc) is 2.68. The second kappa shape index (κ2) is 8.67. The number of nitrogens with zero attached hydrogens (tertiary/aromatic N) is 1. The first-order valence-corrected chi connectivity index (χ1v) is 9.02. The van der Waals surface area contributed by atoms with Crippen LogP contribution in [0.5, 0.6) is 5.75 Å². The number of hydrogen-bond acceptors (Lipinski definition) is 3. The molecule has 0 atom stereocenters. The van der Waals surface area contributed by atoms with E-state index in [1.807, 2.05) is 24.3 Å². The molecule has 0 aliphatic carbocycles. The number of anilines is 2. The number of piperazine rings is 1. The van der Waals surface area contributed by atoms with E-state index in [-0.39, 0.29) is 18.3 Å². The van der Waals surface area contributed by atoms with Gasteiger partial charge in [-0.3, -0.25) is 4.79 Å². The van der Waals surface area contributed by atoms with Crippen LogP contribution in [0, 0.1) is 5.82 Å². The van der Waals surface area contributed by atoms with Gasteiger partial charge < -0.3 is 19.9 Å². The van der Waals surface area contributed by atoms with E-state index in [0.717, 1.165) is 44.1 Å². The zero-order chi connectivity index (χ0) is 18.4. The molecule has 0 spiro atoms. The Morgan fingerprint density at radius 1 is 1.15 bits per heavy atom. The Labute approximate surface area is 153 Å². The number of ether oxygens (including phenoxy) is 1. The summed E-state index contributed by atoms with van der Waals surface area (Å²) < 4.78 is 18.9. The second-order valence-electron chi connectivity index (χ2n) is 6.38. The molecule has 138 valence electrons. The van der Waals surface area contributed by atoms with Gasteiger partial charge in [-0.25, -0.2) is 4.39 Å². The third-order valence-corrected chi connectivity index (χ3v) is 4.68. The quantitative estimate of drug-likeness (QED) is 0.824. The zero-order valence-corrected chi connectivity index (χ0v) is 15.0. The summed E-state index contributed by atoms with van der Waals surface area (Å²) in [6, 6.07) is 13.8. The normalized spacial score (nSPS) is 14.9. The van der Waals surface area contributed by atoms with Gasteiger partial charge in [-0.1, -0.05) is 24.3 Å². The Bertz CT molecular complexity index is 745. The van der Waals surface area contributed by atoms with Gasteiger partial charge in [0.05, 0.1) is 44.1 Å². The highest BCUT2D eigenvalue weighted by molar-refractivity contribution is 5.95. The SMILES string of the molecule is CC[NH+]1CCN(c2ccccc2NC(=O)COc2ccccc2F)CC1. The molecule has 0 aromatic heterocycles. The maximum absolute atomic E-state index is 13.6. The van der Waals surface area contributed by atoms with Crippen LogP contribution in [0.1, 0.15) is 6.92 Å². The van der Waals surface area contributed by atoms with Crippen LogP contribution in [0.4, 0.5) is 15.8 Å². The van der Waals surface area contributed by atoms with E-state index >= 15 is 0 Å². The van der Waals surface area contributed by atoms with Crippen LogP contribution in [-0.2, 0) is 4.79 Å². The zero-order valence-electron chi connectivity index (χ0n) is 15.0. The van der Waals surface area contributed by atoms with Gasteiger partial charge in [0, 0.05) is 0 Å². The summed E-state index contributed by atoms with van der Waals surface area (Å²) in [6.45, 7) is 7.21. The van der Waals surface area contributed by atoms with E-state index in [1.165, 1.54) is 12.1 Å². The van der Waals surface area contributed by atoms with Crippen molar-refractivity contribution < 1.29 is 18.8 Å². The van der Waals surface area contributed by atoms with Crippen molar-refractivity contribution in [1.29, 1.82) is 0 Å². The van der Waals surface area contributed by atoms with Gasteiger partial charge in [-0.2, -0.15) is 0 Å². The van der Waals surface area contributed by atoms with Crippen molar-refractivity contribution in [2.45, 2.75) is 6.92 Å². The number of rotatable bonds is 6. The summed E-state index contributed by atoms with van der Waals surface area (Å²) in [5.41, 5.74) is 1.77. The predicted octanol–water partition coefficient (Wildman–Crippen LogP) is 1.57. The van der Waals surface area contributed by atoms with Crippen LogP contribution in [0.15, 0.2) is 48.5 Å². The fourth-order valence-electron chi connectivity index (χ4n) is 3.16. The van der Waals surface area contributed by atoms with Crippen molar-refractivity contribution in [3.05, 3.63) is 54.3 Å². The molecule has 0 radical (unpaired) electrons. The number of carbonyl (C=O) groups is 1. The molecule has 0 saturated carbocycles. The van der Waals surface area contributed by atoms with Crippen molar-refractivity contribution in [3.8, 4) is 5.75 Å². The van der Waals surface area contributed by atoms with E-state index in [1.54, 1.807) is 17.0 Å². The van der Waals surface area contributed by atoms with Crippen molar-refractivity contribution in [2.75, 3.05) is 49.5 Å². The van der Waals surface area contributed by atoms with Crippen molar-refractivity contribution in [3.63, 3.8) is 0 Å². The topological polar surface area (TPSA) is 46.0 Å². The molecule has 2 N–H and O–H groups in total. The Balaban J connectivity index is 1.61. The molecule has 1 aliphatic rings. The molecule has 1 saturated heterocycles. The standard InChI is InChI=1S/C20H24FN3O2/c1-2-23-11-13-24(14-12-23)18-9-5-4-8-17(18)22-20(25)15-26-19-10-6-3-7-16(19)21/h3-10H,2,11-15H2,1H3,(H,22,25)/p+1. The summed E-state index contributed by atoms with van der Waals surface area (Å²) in [5, 5.41) is 2.89. The molecule has 3 rings (SSSR count). The fourth-order valence-corrected chi connectivity index (χ4v) is 3.16. The fraction of sp³-hybridized carbons (Fsp3) is 0.350. The number of quaternary nitrogens is 1. The summed E-state index contributed by atoms with van der Waals surface area (Å²) in [7, 11) is 0. The van der Waals surface area contributed by atoms with Gasteiger partial charge >= 0.3 is 0 Å². The van der Waals surface area contributed by atoms with Gasteiger partial charge in [0.15, 0.2) is 18.2 Å². The minimum atomic E-state index is -0.475. The summed E-state index contributed by atoms with van der Waals surface area (Å²) in [6.07, 6.45) is 0. The Kier molecular flexibility index (Phi) is 6.07. The molecule has 1 fully saturated rings. The minimum absolute atomic E-state index is 0.0783. The Morgan fingerprint density at radius 2 is 1.85 bits per heavy atom. The van der Waals surface area contributed by atoms with E-state index in [2.05, 4.69) is 17.1 Å². The molecule has 1 aliphatic heterocycles. The summed E-state index contributed by atoms with van der Waals surface area (Å²) in [5.74, 6) is -0.704. The first-order valence-electron chi connectivity index (χ1n) is 9.02. The van der Waals surface area contributed by atoms with Crippen molar-refractivity contribution in [2.24, 2.45) is 0 Å². The van der Waals surface area contributed by atoms with E-state index in [9.17, 15) is 9.18 Å². The van der Waals surface area contributed by atoms with Crippen molar-refractivity contribution in [1.82, 2.24) is 0 Å². The predicted molar refractivity (Wildman–Crippen MR) is 100 cm³/mol. The van der Waals surface area contributed by atoms with E-state index in [4.69, 9.17) is 4.74 Å². The average molecular weight is 358 g/mol. The van der Waals surface area contributed by atoms with Crippen LogP contribution in [0.2, 0.25) is 0 Å². The van der Waals surface area contributed by atoms with Crippen LogP contribution >= 0.6 is 0 Å². The third kappa shape index (κ3) is 4.52. The number of amides is 1. The Morgan fingerprint density at radius 3 is 2.58 bits per heavy atom. The highest BCUT2D eigenvalue weighted by Gasteiger charge is 2.21. The number of likely N-dealkylation sites (N-methyl/N-ethyl adjacent to an activating group) is 1. The molecule has 0 unspecified atom stereocenters. The molecule has 5 nitrogen and oxygen atoms in total. The van der Waals surface area contributed by atoms with Crippen LogP contribution in [-0.4, -0.2) is 45.2 Å². The number of nitrogens with one attached hydrogen (secondary N) is 2. The van der Waals surface area contributed by atoms with E-state index in [0.29, 0.717) is 0 Å². The third-order valence-electron chi connectivity index (χ3n) is 4.68. The Hall–Kier alpha value is -2.60. The number of carbonyl (C=O) groups excluding carboxylic acids is 1. The molecule has 0 bridgehead atoms. The first-order chi connectivity index (χ1) is 12.7. The smallest absolute Gasteiger partial charge is 0.262 e. The minimum Gasteiger partial charge on any atom is -0.481 e. The highest BCUT2D eigenvalue weighted by Crippen LogP contribution is 2.25. The molecule has 1 amide bonds. The summed E-state index contributed by atoms with van der Waals surface area (Å²) >= 11 is 0.